The van der Waals surface area contributed by atoms with Gasteiger partial charge in [-0.3, -0.25) is 14.4 Å². The van der Waals surface area contributed by atoms with E-state index in [4.69, 9.17) is 4.74 Å². The predicted molar refractivity (Wildman–Crippen MR) is 152 cm³/mol. The molecule has 0 bridgehead atoms. The number of alkyl halides is 3. The van der Waals surface area contributed by atoms with Gasteiger partial charge in [-0.25, -0.2) is 4.90 Å². The summed E-state index contributed by atoms with van der Waals surface area (Å²) in [5, 5.41) is 0.773. The van der Waals surface area contributed by atoms with Crippen LogP contribution in [0, 0.1) is 0 Å². The molecule has 0 spiro atoms. The van der Waals surface area contributed by atoms with Crippen molar-refractivity contribution in [2.45, 2.75) is 13.1 Å². The number of para-hydroxylation sites is 2. The van der Waals surface area contributed by atoms with E-state index in [1.807, 2.05) is 31.2 Å². The highest BCUT2D eigenvalue weighted by Crippen LogP contribution is 2.37. The zero-order valence-corrected chi connectivity index (χ0v) is 22.6. The first-order valence-electron chi connectivity index (χ1n) is 13.6. The second-order valence-corrected chi connectivity index (χ2v) is 10.1. The van der Waals surface area contributed by atoms with Crippen LogP contribution in [0.4, 0.5) is 24.5 Å². The Labute approximate surface area is 239 Å². The molecule has 0 atom stereocenters. The Morgan fingerprint density at radius 2 is 1.52 bits per heavy atom. The van der Waals surface area contributed by atoms with Crippen molar-refractivity contribution in [1.82, 2.24) is 4.90 Å². The van der Waals surface area contributed by atoms with Gasteiger partial charge in [0.25, 0.3) is 17.7 Å². The average Bonchev–Trinajstić information content (AvgIpc) is 2.99. The first-order valence-corrected chi connectivity index (χ1v) is 13.6. The van der Waals surface area contributed by atoms with Gasteiger partial charge in [0, 0.05) is 48.3 Å². The summed E-state index contributed by atoms with van der Waals surface area (Å²) in [4.78, 5) is 45.4. The number of imide groups is 1. The van der Waals surface area contributed by atoms with Gasteiger partial charge in [0.15, 0.2) is 0 Å². The Hall–Kier alpha value is -4.86. The number of piperazine rings is 1. The molecule has 7 nitrogen and oxygen atoms in total. The van der Waals surface area contributed by atoms with Gasteiger partial charge in [-0.1, -0.05) is 30.3 Å². The summed E-state index contributed by atoms with van der Waals surface area (Å²) in [6.45, 7) is 4.59. The molecular weight excluding hydrogens is 547 g/mol. The van der Waals surface area contributed by atoms with Crippen molar-refractivity contribution in [3.05, 3.63) is 101 Å². The highest BCUT2D eigenvalue weighted by molar-refractivity contribution is 6.36. The number of rotatable bonds is 5. The van der Waals surface area contributed by atoms with Crippen molar-refractivity contribution < 1.29 is 32.3 Å². The van der Waals surface area contributed by atoms with Gasteiger partial charge >= 0.3 is 6.18 Å². The molecule has 1 saturated heterocycles. The molecule has 0 N–H and O–H groups in total. The van der Waals surface area contributed by atoms with Crippen LogP contribution in [-0.4, -0.2) is 55.4 Å². The number of hydrogen-bond acceptors (Lipinski definition) is 5. The minimum atomic E-state index is -4.64. The average molecular weight is 574 g/mol. The molecular formula is C32H26F3N3O4. The number of carbonyl (C=O) groups excluding carboxylic acids is 3. The molecule has 0 radical (unpaired) electrons. The molecule has 4 aromatic carbocycles. The minimum Gasteiger partial charge on any atom is -0.492 e. The second-order valence-electron chi connectivity index (χ2n) is 10.1. The monoisotopic (exact) mass is 573 g/mol. The van der Waals surface area contributed by atoms with E-state index >= 15 is 0 Å². The van der Waals surface area contributed by atoms with Gasteiger partial charge < -0.3 is 14.5 Å². The summed E-state index contributed by atoms with van der Waals surface area (Å²) >= 11 is 0. The molecule has 2 aliphatic rings. The SMILES string of the molecule is CCOc1ccccc1N1CCN(C(=O)c2ccc3c4c(cccc24)C(=O)N(c2cccc(C(F)(F)F)c2)C3=O)CC1. The zero-order valence-electron chi connectivity index (χ0n) is 22.6. The Morgan fingerprint density at radius 3 is 2.24 bits per heavy atom. The van der Waals surface area contributed by atoms with Gasteiger partial charge in [0.05, 0.1) is 23.5 Å². The number of carbonyl (C=O) groups is 3. The highest BCUT2D eigenvalue weighted by Gasteiger charge is 2.37. The lowest BCUT2D eigenvalue weighted by Crippen LogP contribution is -2.49. The van der Waals surface area contributed by atoms with Crippen LogP contribution in [0.3, 0.4) is 0 Å². The molecule has 0 saturated carbocycles. The van der Waals surface area contributed by atoms with Crippen LogP contribution in [0.2, 0.25) is 0 Å². The molecule has 42 heavy (non-hydrogen) atoms. The van der Waals surface area contributed by atoms with Gasteiger partial charge in [-0.15, -0.1) is 0 Å². The van der Waals surface area contributed by atoms with E-state index in [0.29, 0.717) is 49.1 Å². The summed E-state index contributed by atoms with van der Waals surface area (Å²) in [7, 11) is 0. The Bertz CT molecular complexity index is 1710. The quantitative estimate of drug-likeness (QED) is 0.273. The number of ether oxygens (including phenoxy) is 1. The van der Waals surface area contributed by atoms with E-state index in [-0.39, 0.29) is 22.7 Å². The molecule has 1 fully saturated rings. The van der Waals surface area contributed by atoms with Crippen LogP contribution in [0.1, 0.15) is 43.6 Å². The van der Waals surface area contributed by atoms with E-state index in [1.54, 1.807) is 23.1 Å². The van der Waals surface area contributed by atoms with Crippen molar-refractivity contribution in [3.8, 4) is 5.75 Å². The van der Waals surface area contributed by atoms with Crippen LogP contribution < -0.4 is 14.5 Å². The molecule has 4 aromatic rings. The Kier molecular flexibility index (Phi) is 6.84. The molecule has 6 rings (SSSR count). The van der Waals surface area contributed by atoms with Gasteiger partial charge in [-0.05, 0) is 60.8 Å². The first kappa shape index (κ1) is 27.3. The van der Waals surface area contributed by atoms with Gasteiger partial charge in [-0.2, -0.15) is 13.2 Å². The second kappa shape index (κ2) is 10.5. The summed E-state index contributed by atoms with van der Waals surface area (Å²) < 4.78 is 45.8. The van der Waals surface area contributed by atoms with Crippen LogP contribution in [0.25, 0.3) is 10.8 Å². The number of nitrogens with zero attached hydrogens (tertiary/aromatic N) is 3. The standard InChI is InChI=1S/C32H26F3N3O4/c1-2-42-27-12-4-3-11-26(27)36-15-17-37(18-16-36)29(39)23-13-14-25-28-22(23)9-6-10-24(28)30(40)38(31(25)41)21-8-5-7-20(19-21)32(33,34)35/h3-14,19H,2,15-18H2,1H3. The van der Waals surface area contributed by atoms with Gasteiger partial charge in [0.1, 0.15) is 5.75 Å². The van der Waals surface area contributed by atoms with Crippen molar-refractivity contribution >= 4 is 39.9 Å². The van der Waals surface area contributed by atoms with Gasteiger partial charge in [0.2, 0.25) is 0 Å². The molecule has 10 heteroatoms. The van der Waals surface area contributed by atoms with E-state index in [1.165, 1.54) is 18.2 Å². The Morgan fingerprint density at radius 1 is 0.833 bits per heavy atom. The minimum absolute atomic E-state index is 0.145. The summed E-state index contributed by atoms with van der Waals surface area (Å²) in [5.74, 6) is -0.930. The normalized spacial score (nSPS) is 15.4. The number of hydrogen-bond donors (Lipinski definition) is 0. The predicted octanol–water partition coefficient (Wildman–Crippen LogP) is 6.02. The smallest absolute Gasteiger partial charge is 0.416 e. The number of halogens is 3. The molecule has 0 aliphatic carbocycles. The highest BCUT2D eigenvalue weighted by atomic mass is 19.4. The van der Waals surface area contributed by atoms with Crippen molar-refractivity contribution in [2.75, 3.05) is 42.6 Å². The maximum absolute atomic E-state index is 13.7. The summed E-state index contributed by atoms with van der Waals surface area (Å²) in [6, 6.07) is 19.7. The third kappa shape index (κ3) is 4.62. The first-order chi connectivity index (χ1) is 20.2. The van der Waals surface area contributed by atoms with E-state index < -0.39 is 23.6 Å². The fourth-order valence-electron chi connectivity index (χ4n) is 5.66. The van der Waals surface area contributed by atoms with E-state index in [9.17, 15) is 27.6 Å². The molecule has 3 amide bonds. The third-order valence-corrected chi connectivity index (χ3v) is 7.64. The zero-order chi connectivity index (χ0) is 29.6. The summed E-state index contributed by atoms with van der Waals surface area (Å²) in [6.07, 6.45) is -4.64. The molecule has 2 aliphatic heterocycles. The van der Waals surface area contributed by atoms with Crippen LogP contribution in [0.5, 0.6) is 5.75 Å². The molecule has 0 aromatic heterocycles. The molecule has 0 unspecified atom stereocenters. The fourth-order valence-corrected chi connectivity index (χ4v) is 5.66. The van der Waals surface area contributed by atoms with Crippen molar-refractivity contribution in [3.63, 3.8) is 0 Å². The Balaban J connectivity index is 1.29. The van der Waals surface area contributed by atoms with E-state index in [2.05, 4.69) is 4.90 Å². The molecule has 2 heterocycles. The molecule has 214 valence electrons. The lowest BCUT2D eigenvalue weighted by Gasteiger charge is -2.37. The van der Waals surface area contributed by atoms with Crippen molar-refractivity contribution in [2.24, 2.45) is 0 Å². The van der Waals surface area contributed by atoms with Crippen molar-refractivity contribution in [1.29, 1.82) is 0 Å². The number of benzene rings is 4. The lowest BCUT2D eigenvalue weighted by atomic mass is 9.90. The summed E-state index contributed by atoms with van der Waals surface area (Å²) in [5.41, 5.74) is 0.471. The van der Waals surface area contributed by atoms with Crippen LogP contribution >= 0.6 is 0 Å². The third-order valence-electron chi connectivity index (χ3n) is 7.64. The van der Waals surface area contributed by atoms with E-state index in [0.717, 1.165) is 34.5 Å². The number of anilines is 2. The topological polar surface area (TPSA) is 70.2 Å². The number of amides is 3. The maximum atomic E-state index is 13.7. The maximum Gasteiger partial charge on any atom is 0.416 e. The van der Waals surface area contributed by atoms with Crippen LogP contribution in [-0.2, 0) is 6.18 Å². The van der Waals surface area contributed by atoms with Crippen LogP contribution in [0.15, 0.2) is 78.9 Å². The fraction of sp³-hybridized carbons (Fsp3) is 0.219. The largest absolute Gasteiger partial charge is 0.492 e. The lowest BCUT2D eigenvalue weighted by molar-refractivity contribution is -0.137.